The predicted octanol–water partition coefficient (Wildman–Crippen LogP) is 6.67. The van der Waals surface area contributed by atoms with Crippen molar-refractivity contribution in [3.8, 4) is 0 Å². The molecule has 0 rings (SSSR count). The third kappa shape index (κ3) is 12.8. The molecule has 0 aliphatic rings. The van der Waals surface area contributed by atoms with Gasteiger partial charge in [0.1, 0.15) is 0 Å². The molecule has 0 aromatic carbocycles. The Morgan fingerprint density at radius 1 is 0.714 bits per heavy atom. The second-order valence-corrected chi connectivity index (χ2v) is 11.6. The van der Waals surface area contributed by atoms with E-state index in [1.54, 1.807) is 21.3 Å². The van der Waals surface area contributed by atoms with Crippen LogP contribution in [0.25, 0.3) is 0 Å². The maximum absolute atomic E-state index is 5.68. The van der Waals surface area contributed by atoms with E-state index in [2.05, 4.69) is 33.0 Å². The van der Waals surface area contributed by atoms with Crippen molar-refractivity contribution in [3.63, 3.8) is 0 Å². The van der Waals surface area contributed by atoms with Crippen LogP contribution >= 0.6 is 12.4 Å². The maximum Gasteiger partial charge on any atom is 0.518 e. The molecule has 0 radical (unpaired) electrons. The van der Waals surface area contributed by atoms with Crippen molar-refractivity contribution in [2.75, 3.05) is 21.3 Å². The lowest BCUT2D eigenvalue weighted by molar-refractivity contribution is 0.0992. The second-order valence-electron chi connectivity index (χ2n) is 8.49. The molecule has 0 saturated heterocycles. The van der Waals surface area contributed by atoms with Gasteiger partial charge in [0.2, 0.25) is 0 Å². The Bertz CT molecular complexity index is 333. The van der Waals surface area contributed by atoms with Gasteiger partial charge in [-0.25, -0.2) is 0 Å². The van der Waals surface area contributed by atoms with E-state index in [1.165, 1.54) is 77.0 Å². The monoisotopic (exact) mass is 439 g/mol. The lowest BCUT2D eigenvalue weighted by Gasteiger charge is -2.38. The molecule has 1 atom stereocenters. The van der Waals surface area contributed by atoms with E-state index in [4.69, 9.17) is 13.3 Å². The highest BCUT2D eigenvalue weighted by molar-refractivity contribution is 6.62. The Hall–Kier alpha value is 0.347. The summed E-state index contributed by atoms with van der Waals surface area (Å²) in [6, 6.07) is 0. The van der Waals surface area contributed by atoms with Crippen LogP contribution in [0.2, 0.25) is 0 Å². The molecule has 172 valence electrons. The average Bonchev–Trinajstić information content (AvgIpc) is 2.66. The van der Waals surface area contributed by atoms with Crippen LogP contribution in [-0.4, -0.2) is 41.3 Å². The fourth-order valence-electron chi connectivity index (χ4n) is 3.89. The molecule has 6 heteroatoms. The predicted molar refractivity (Wildman–Crippen MR) is 126 cm³/mol. The van der Waals surface area contributed by atoms with E-state index in [0.717, 1.165) is 6.42 Å². The summed E-state index contributed by atoms with van der Waals surface area (Å²) in [6.07, 6.45) is 17.3. The molecule has 0 fully saturated rings. The van der Waals surface area contributed by atoms with Gasteiger partial charge < -0.3 is 18.6 Å². The molecule has 0 aliphatic heterocycles. The molecule has 0 aromatic rings. The Kier molecular flexibility index (Phi) is 19.8. The van der Waals surface area contributed by atoms with Gasteiger partial charge >= 0.3 is 8.80 Å². The zero-order valence-electron chi connectivity index (χ0n) is 19.9. The van der Waals surface area contributed by atoms with E-state index in [9.17, 15) is 0 Å². The number of nitrogens with one attached hydrogen (secondary N) is 1. The van der Waals surface area contributed by atoms with E-state index in [-0.39, 0.29) is 23.6 Å². The Labute approximate surface area is 183 Å². The fourth-order valence-corrected chi connectivity index (χ4v) is 6.31. The number of rotatable bonds is 19. The minimum atomic E-state index is -2.65. The molecule has 0 saturated carbocycles. The first-order valence-electron chi connectivity index (χ1n) is 11.3. The van der Waals surface area contributed by atoms with E-state index in [1.807, 2.05) is 0 Å². The van der Waals surface area contributed by atoms with Gasteiger partial charge in [0.05, 0.1) is 5.67 Å². The van der Waals surface area contributed by atoms with Gasteiger partial charge in [-0.15, -0.1) is 12.4 Å². The molecule has 0 amide bonds. The van der Waals surface area contributed by atoms with Crippen molar-refractivity contribution < 1.29 is 13.3 Å². The third-order valence-electron chi connectivity index (χ3n) is 5.66. The van der Waals surface area contributed by atoms with Crippen LogP contribution in [0.5, 0.6) is 0 Å². The van der Waals surface area contributed by atoms with Crippen molar-refractivity contribution >= 4 is 21.2 Å². The number of halogens is 1. The Morgan fingerprint density at radius 2 is 1.11 bits per heavy atom. The number of hydrogen-bond donors (Lipinski definition) is 1. The minimum absolute atomic E-state index is 0. The minimum Gasteiger partial charge on any atom is -0.376 e. The van der Waals surface area contributed by atoms with Gasteiger partial charge in [0.15, 0.2) is 0 Å². The summed E-state index contributed by atoms with van der Waals surface area (Å²) >= 11 is 0. The zero-order chi connectivity index (χ0) is 20.6. The topological polar surface area (TPSA) is 39.7 Å². The van der Waals surface area contributed by atoms with Gasteiger partial charge in [-0.05, 0) is 26.7 Å². The van der Waals surface area contributed by atoms with E-state index >= 15 is 0 Å². The molecular weight excluding hydrogens is 390 g/mol. The lowest BCUT2D eigenvalue weighted by Crippen LogP contribution is -2.64. The first-order chi connectivity index (χ1) is 12.9. The van der Waals surface area contributed by atoms with Crippen LogP contribution in [0.4, 0.5) is 0 Å². The Balaban J connectivity index is 0. The maximum atomic E-state index is 5.68. The van der Waals surface area contributed by atoms with Crippen LogP contribution < -0.4 is 5.32 Å². The van der Waals surface area contributed by atoms with Crippen LogP contribution in [0, 0.1) is 0 Å². The normalized spacial score (nSPS) is 13.4. The van der Waals surface area contributed by atoms with Crippen LogP contribution in [0.15, 0.2) is 0 Å². The smallest absolute Gasteiger partial charge is 0.376 e. The quantitative estimate of drug-likeness (QED) is 0.180. The second kappa shape index (κ2) is 18.1. The molecular formula is C22H50ClNO3Si. The highest BCUT2D eigenvalue weighted by Gasteiger charge is 2.48. The van der Waals surface area contributed by atoms with Crippen LogP contribution in [0.3, 0.4) is 0 Å². The summed E-state index contributed by atoms with van der Waals surface area (Å²) in [5.41, 5.74) is 0.188. The summed E-state index contributed by atoms with van der Waals surface area (Å²) in [5, 5.41) is 3.76. The van der Waals surface area contributed by atoms with E-state index in [0.29, 0.717) is 0 Å². The average molecular weight is 440 g/mol. The molecule has 4 nitrogen and oxygen atoms in total. The highest BCUT2D eigenvalue weighted by Crippen LogP contribution is 2.22. The molecule has 1 N–H and O–H groups in total. The van der Waals surface area contributed by atoms with Gasteiger partial charge in [-0.2, -0.15) is 0 Å². The van der Waals surface area contributed by atoms with Crippen LogP contribution in [0.1, 0.15) is 111 Å². The summed E-state index contributed by atoms with van der Waals surface area (Å²) in [7, 11) is 2.43. The SMILES string of the molecule is CCCCCCCCCCCCCC(C)(C)NC(CC)[Si](OC)(OC)OC.Cl. The first kappa shape index (κ1) is 30.5. The Morgan fingerprint density at radius 3 is 1.46 bits per heavy atom. The lowest BCUT2D eigenvalue weighted by atomic mass is 9.95. The molecule has 0 heterocycles. The van der Waals surface area contributed by atoms with E-state index < -0.39 is 8.80 Å². The van der Waals surface area contributed by atoms with Crippen LogP contribution in [-0.2, 0) is 13.3 Å². The number of hydrogen-bond acceptors (Lipinski definition) is 4. The molecule has 0 aromatic heterocycles. The highest BCUT2D eigenvalue weighted by atomic mass is 35.5. The summed E-state index contributed by atoms with van der Waals surface area (Å²) in [5.74, 6) is 0. The molecule has 0 bridgehead atoms. The molecule has 0 spiro atoms. The van der Waals surface area contributed by atoms with Crippen molar-refractivity contribution in [1.82, 2.24) is 5.32 Å². The summed E-state index contributed by atoms with van der Waals surface area (Å²) in [4.78, 5) is 0. The zero-order valence-corrected chi connectivity index (χ0v) is 21.7. The first-order valence-corrected chi connectivity index (χ1v) is 13.1. The van der Waals surface area contributed by atoms with Crippen molar-refractivity contribution in [2.45, 2.75) is 122 Å². The van der Waals surface area contributed by atoms with Gasteiger partial charge in [-0.1, -0.05) is 84.5 Å². The van der Waals surface area contributed by atoms with Crippen molar-refractivity contribution in [2.24, 2.45) is 0 Å². The molecule has 28 heavy (non-hydrogen) atoms. The standard InChI is InChI=1S/C22H49NO3Si.ClH/c1-8-10-11-12-13-14-15-16-17-18-19-20-22(3,4)23-21(9-2)27(24-5,25-6)26-7;/h21,23H,8-20H2,1-7H3;1H. The number of unbranched alkanes of at least 4 members (excludes halogenated alkanes) is 10. The largest absolute Gasteiger partial charge is 0.518 e. The summed E-state index contributed by atoms with van der Waals surface area (Å²) in [6.45, 7) is 9.01. The van der Waals surface area contributed by atoms with Gasteiger partial charge in [-0.3, -0.25) is 0 Å². The summed E-state index contributed by atoms with van der Waals surface area (Å²) < 4.78 is 17.0. The third-order valence-corrected chi connectivity index (χ3v) is 8.77. The fraction of sp³-hybridized carbons (Fsp3) is 1.00. The molecule has 0 aliphatic carbocycles. The van der Waals surface area contributed by atoms with Crippen molar-refractivity contribution in [3.05, 3.63) is 0 Å². The van der Waals surface area contributed by atoms with Crippen molar-refractivity contribution in [1.29, 1.82) is 0 Å². The molecule has 1 unspecified atom stereocenters. The van der Waals surface area contributed by atoms with Gasteiger partial charge in [0.25, 0.3) is 0 Å². The van der Waals surface area contributed by atoms with Gasteiger partial charge in [0, 0.05) is 26.9 Å².